The van der Waals surface area contributed by atoms with E-state index in [0.29, 0.717) is 27.2 Å². The number of anilines is 3. The summed E-state index contributed by atoms with van der Waals surface area (Å²) in [5.41, 5.74) is 1.53. The van der Waals surface area contributed by atoms with Crippen molar-refractivity contribution in [2.75, 3.05) is 37.7 Å². The highest BCUT2D eigenvalue weighted by atomic mass is 35.5. The minimum absolute atomic E-state index is 0.120. The lowest BCUT2D eigenvalue weighted by atomic mass is 10.1. The first-order valence-electron chi connectivity index (χ1n) is 12.7. The van der Waals surface area contributed by atoms with Crippen LogP contribution in [-0.4, -0.2) is 42.9 Å². The molecule has 0 saturated carbocycles. The first-order chi connectivity index (χ1) is 18.2. The number of amides is 1. The second-order valence-corrected chi connectivity index (χ2v) is 7.12. The van der Waals surface area contributed by atoms with Crippen molar-refractivity contribution in [3.05, 3.63) is 65.1 Å². The zero-order valence-electron chi connectivity index (χ0n) is 23.4. The number of ether oxygens (including phenoxy) is 1. The normalized spacial score (nSPS) is 14.5. The van der Waals surface area contributed by atoms with Gasteiger partial charge in [-0.2, -0.15) is 5.26 Å². The number of halogens is 2. The Morgan fingerprint density at radius 1 is 1.39 bits per heavy atom. The lowest BCUT2D eigenvalue weighted by Crippen LogP contribution is -2.13. The average Bonchev–Trinajstić information content (AvgIpc) is 2.83. The zero-order chi connectivity index (χ0) is 29.0. The van der Waals surface area contributed by atoms with Crippen molar-refractivity contribution < 1.29 is 22.1 Å². The fourth-order valence-corrected chi connectivity index (χ4v) is 3.15. The van der Waals surface area contributed by atoms with Crippen LogP contribution in [0.15, 0.2) is 48.7 Å². The van der Waals surface area contributed by atoms with Crippen LogP contribution in [0, 0.1) is 17.1 Å². The number of fused-ring (bicyclic) bond motifs is 1. The van der Waals surface area contributed by atoms with Gasteiger partial charge in [0.25, 0.3) is 0 Å². The smallest absolute Gasteiger partial charge is 0.248 e. The minimum atomic E-state index is -2.89. The van der Waals surface area contributed by atoms with Crippen molar-refractivity contribution in [1.29, 1.82) is 5.26 Å². The first-order valence-corrected chi connectivity index (χ1v) is 10.1. The molecule has 0 aliphatic heterocycles. The number of hydrogen-bond donors (Lipinski definition) is 2. The fraction of sp³-hybridized carbons (Fsp3) is 0.208. The molecule has 170 valence electrons. The third-order valence-corrected chi connectivity index (χ3v) is 4.68. The fourth-order valence-electron chi connectivity index (χ4n) is 2.97. The van der Waals surface area contributed by atoms with Gasteiger partial charge in [-0.3, -0.25) is 9.78 Å². The maximum absolute atomic E-state index is 13.6. The second kappa shape index (κ2) is 10.8. The average molecular weight is 474 g/mol. The molecule has 0 aliphatic rings. The van der Waals surface area contributed by atoms with E-state index in [9.17, 15) is 14.4 Å². The molecule has 0 atom stereocenters. The van der Waals surface area contributed by atoms with Gasteiger partial charge in [0.05, 0.1) is 34.1 Å². The molecule has 3 rings (SSSR count). The topological polar surface area (TPSA) is 90.3 Å². The van der Waals surface area contributed by atoms with Crippen LogP contribution in [0.4, 0.5) is 21.5 Å². The molecule has 1 amide bonds. The Labute approximate surface area is 204 Å². The van der Waals surface area contributed by atoms with Crippen LogP contribution in [-0.2, 0) is 4.79 Å². The summed E-state index contributed by atoms with van der Waals surface area (Å²) in [6.07, 6.45) is 3.48. The van der Waals surface area contributed by atoms with Gasteiger partial charge in [0.1, 0.15) is 17.6 Å². The number of likely N-dealkylation sites (N-methyl/N-ethyl adjacent to an activating group) is 1. The molecule has 3 aromatic rings. The molecule has 0 radical (unpaired) electrons. The number of carbonyl (C=O) groups excluding carboxylic acids is 1. The van der Waals surface area contributed by atoms with Crippen LogP contribution >= 0.6 is 11.6 Å². The van der Waals surface area contributed by atoms with E-state index in [4.69, 9.17) is 24.6 Å². The van der Waals surface area contributed by atoms with E-state index in [2.05, 4.69) is 15.6 Å². The summed E-state index contributed by atoms with van der Waals surface area (Å²) in [5.74, 6) is -1.02. The van der Waals surface area contributed by atoms with Crippen molar-refractivity contribution in [3.63, 3.8) is 0 Å². The molecule has 33 heavy (non-hydrogen) atoms. The van der Waals surface area contributed by atoms with Crippen LogP contribution in [0.1, 0.15) is 20.7 Å². The van der Waals surface area contributed by atoms with Gasteiger partial charge in [-0.1, -0.05) is 17.7 Å². The zero-order valence-corrected chi connectivity index (χ0v) is 18.2. The van der Waals surface area contributed by atoms with Crippen LogP contribution in [0.3, 0.4) is 0 Å². The van der Waals surface area contributed by atoms with E-state index in [0.717, 1.165) is 12.2 Å². The number of nitrogens with zero attached hydrogens (tertiary/aromatic N) is 3. The Hall–Kier alpha value is -3.67. The SMILES string of the molecule is [2H]C([2H])([2H])N(C/C=C/C(=O)Nc1cc2c(Nc3ccc(F)c(Cl)c3)c(C#N)cnc2cc1OCC)C([2H])([2H])[2H]. The van der Waals surface area contributed by atoms with Crippen LogP contribution in [0.25, 0.3) is 10.9 Å². The number of carbonyl (C=O) groups is 1. The van der Waals surface area contributed by atoms with Crippen molar-refractivity contribution >= 4 is 45.5 Å². The molecule has 9 heteroatoms. The lowest BCUT2D eigenvalue weighted by Gasteiger charge is -2.16. The van der Waals surface area contributed by atoms with Crippen LogP contribution in [0.2, 0.25) is 5.02 Å². The maximum atomic E-state index is 13.6. The standard InChI is InChI=1S/C24H23ClFN5O2/c1-4-33-22-12-20-17(11-21(22)30-23(32)6-5-9-31(2)3)24(15(13-27)14-28-20)29-16-7-8-19(26)18(25)10-16/h5-8,10-12,14H,4,9H2,1-3H3,(H,28,29)(H,30,32)/b6-5+/i2D3,3D3. The highest BCUT2D eigenvalue weighted by Gasteiger charge is 2.15. The van der Waals surface area contributed by atoms with Gasteiger partial charge in [0, 0.05) is 44.2 Å². The van der Waals surface area contributed by atoms with Crippen molar-refractivity contribution in [2.24, 2.45) is 0 Å². The lowest BCUT2D eigenvalue weighted by molar-refractivity contribution is -0.111. The molecule has 2 N–H and O–H groups in total. The third kappa shape index (κ3) is 5.98. The number of aromatic nitrogens is 1. The van der Waals surface area contributed by atoms with Crippen molar-refractivity contribution in [2.45, 2.75) is 6.92 Å². The molecule has 7 nitrogen and oxygen atoms in total. The van der Waals surface area contributed by atoms with Gasteiger partial charge >= 0.3 is 0 Å². The number of rotatable bonds is 8. The summed E-state index contributed by atoms with van der Waals surface area (Å²) in [7, 11) is 0. The van der Waals surface area contributed by atoms with Gasteiger partial charge in [-0.05, 0) is 45.1 Å². The quantitative estimate of drug-likeness (QED) is 0.442. The van der Waals surface area contributed by atoms with Crippen LogP contribution in [0.5, 0.6) is 5.75 Å². The van der Waals surface area contributed by atoms with E-state index < -0.39 is 32.2 Å². The molecule has 0 unspecified atom stereocenters. The number of nitrogens with one attached hydrogen (secondary N) is 2. The number of pyridine rings is 1. The molecule has 0 fully saturated rings. The van der Waals surface area contributed by atoms with E-state index >= 15 is 0 Å². The Kier molecular flexibility index (Phi) is 5.51. The third-order valence-electron chi connectivity index (χ3n) is 4.39. The molecular weight excluding hydrogens is 445 g/mol. The monoisotopic (exact) mass is 473 g/mol. The summed E-state index contributed by atoms with van der Waals surface area (Å²) < 4.78 is 63.7. The minimum Gasteiger partial charge on any atom is -0.492 e. The van der Waals surface area contributed by atoms with Crippen molar-refractivity contribution in [3.8, 4) is 11.8 Å². The first kappa shape index (κ1) is 16.9. The summed E-state index contributed by atoms with van der Waals surface area (Å²) in [6, 6.07) is 9.10. The molecular formula is C24H23ClFN5O2. The van der Waals surface area contributed by atoms with Gasteiger partial charge < -0.3 is 20.3 Å². The summed E-state index contributed by atoms with van der Waals surface area (Å²) in [6.45, 7) is -4.32. The number of nitriles is 1. The van der Waals surface area contributed by atoms with E-state index in [1.54, 1.807) is 13.0 Å². The van der Waals surface area contributed by atoms with Gasteiger partial charge in [-0.25, -0.2) is 4.39 Å². The Balaban J connectivity index is 1.98. The van der Waals surface area contributed by atoms with Gasteiger partial charge in [0.15, 0.2) is 0 Å². The highest BCUT2D eigenvalue weighted by molar-refractivity contribution is 6.31. The maximum Gasteiger partial charge on any atom is 0.248 e. The number of hydrogen-bond acceptors (Lipinski definition) is 6. The van der Waals surface area contributed by atoms with Gasteiger partial charge in [0.2, 0.25) is 5.91 Å². The second-order valence-electron chi connectivity index (χ2n) is 6.71. The Morgan fingerprint density at radius 2 is 2.21 bits per heavy atom. The summed E-state index contributed by atoms with van der Waals surface area (Å²) in [4.78, 5) is 17.3. The van der Waals surface area contributed by atoms with E-state index in [1.165, 1.54) is 30.5 Å². The molecule has 0 aliphatic carbocycles. The van der Waals surface area contributed by atoms with E-state index in [-0.39, 0.29) is 28.6 Å². The summed E-state index contributed by atoms with van der Waals surface area (Å²) >= 11 is 5.89. The molecule has 1 heterocycles. The molecule has 1 aromatic heterocycles. The predicted octanol–water partition coefficient (Wildman–Crippen LogP) is 5.10. The predicted molar refractivity (Wildman–Crippen MR) is 129 cm³/mol. The molecule has 0 saturated heterocycles. The largest absolute Gasteiger partial charge is 0.492 e. The van der Waals surface area contributed by atoms with Gasteiger partial charge in [-0.15, -0.1) is 0 Å². The molecule has 2 aromatic carbocycles. The van der Waals surface area contributed by atoms with Crippen LogP contribution < -0.4 is 15.4 Å². The highest BCUT2D eigenvalue weighted by Crippen LogP contribution is 2.36. The Morgan fingerprint density at radius 3 is 2.91 bits per heavy atom. The van der Waals surface area contributed by atoms with Crippen molar-refractivity contribution in [1.82, 2.24) is 9.88 Å². The molecule has 0 bridgehead atoms. The summed E-state index contributed by atoms with van der Waals surface area (Å²) in [5, 5.41) is 15.6. The number of benzene rings is 2. The molecule has 0 spiro atoms. The Bertz CT molecular complexity index is 1440. The van der Waals surface area contributed by atoms with E-state index in [1.807, 2.05) is 6.07 Å².